The van der Waals surface area contributed by atoms with Crippen LogP contribution in [-0.4, -0.2) is 45.9 Å². The fourth-order valence-corrected chi connectivity index (χ4v) is 5.62. The molecule has 43 heavy (non-hydrogen) atoms. The van der Waals surface area contributed by atoms with Gasteiger partial charge >= 0.3 is 0 Å². The Morgan fingerprint density at radius 3 is 2.40 bits per heavy atom. The van der Waals surface area contributed by atoms with E-state index in [0.717, 1.165) is 42.6 Å². The van der Waals surface area contributed by atoms with E-state index in [2.05, 4.69) is 31.9 Å². The van der Waals surface area contributed by atoms with Crippen molar-refractivity contribution in [2.24, 2.45) is 5.92 Å². The molecule has 0 aliphatic heterocycles. The molecule has 226 valence electrons. The van der Waals surface area contributed by atoms with Crippen LogP contribution >= 0.6 is 0 Å². The molecule has 0 bridgehead atoms. The molecule has 1 aromatic heterocycles. The van der Waals surface area contributed by atoms with Crippen molar-refractivity contribution in [2.45, 2.75) is 45.6 Å². The first kappa shape index (κ1) is 31.8. The summed E-state index contributed by atoms with van der Waals surface area (Å²) in [7, 11) is 5.29. The second kappa shape index (κ2) is 14.4. The Kier molecular flexibility index (Phi) is 10.6. The van der Waals surface area contributed by atoms with Crippen molar-refractivity contribution >= 4 is 11.0 Å². The van der Waals surface area contributed by atoms with E-state index >= 15 is 0 Å². The topological polar surface area (TPSA) is 84.9 Å². The quantitative estimate of drug-likeness (QED) is 0.146. The molecule has 4 aromatic rings. The molecule has 1 unspecified atom stereocenters. The fraction of sp³-hybridized carbons (Fsp3) is 0.389. The summed E-state index contributed by atoms with van der Waals surface area (Å²) in [5.41, 5.74) is 3.18. The smallest absolute Gasteiger partial charge is 0.196 e. The Labute approximate surface area is 254 Å². The van der Waals surface area contributed by atoms with Crippen LogP contribution < -0.4 is 14.9 Å². The lowest BCUT2D eigenvalue weighted by Gasteiger charge is -2.32. The summed E-state index contributed by atoms with van der Waals surface area (Å²) in [6, 6.07) is 23.7. The number of nitriles is 1. The highest BCUT2D eigenvalue weighted by Gasteiger charge is 2.36. The molecule has 3 aromatic carbocycles. The van der Waals surface area contributed by atoms with Gasteiger partial charge in [0.05, 0.1) is 44.3 Å². The van der Waals surface area contributed by atoms with Gasteiger partial charge in [-0.15, -0.1) is 0 Å². The third-order valence-corrected chi connectivity index (χ3v) is 8.33. The van der Waals surface area contributed by atoms with E-state index in [-0.39, 0.29) is 11.3 Å². The number of rotatable bonds is 14. The predicted molar refractivity (Wildman–Crippen MR) is 171 cm³/mol. The first-order valence-corrected chi connectivity index (χ1v) is 14.8. The average Bonchev–Trinajstić information content (AvgIpc) is 3.03. The number of hydrogen-bond donors (Lipinski definition) is 0. The molecule has 0 aliphatic carbocycles. The molecule has 1 heterocycles. The maximum absolute atomic E-state index is 13.1. The molecule has 0 spiro atoms. The second-order valence-electron chi connectivity index (χ2n) is 11.3. The number of methoxy groups -OCH3 is 2. The summed E-state index contributed by atoms with van der Waals surface area (Å²) in [5.74, 6) is 2.00. The zero-order chi connectivity index (χ0) is 31.0. The van der Waals surface area contributed by atoms with Crippen LogP contribution in [0.2, 0.25) is 0 Å². The standard InChI is InChI=1S/C36H42N2O5/c1-25(2)36(24-37,29-16-17-31(40-5)32(22-29)41-6)18-11-19-38(4)20-21-42-23-28-14-10-15-30-33(39)26(3)34(43-35(28)30)27-12-8-7-9-13-27/h7-10,12-17,22,25H,11,18-21,23H2,1-6H3. The Morgan fingerprint density at radius 1 is 0.977 bits per heavy atom. The molecule has 0 N–H and O–H groups in total. The summed E-state index contributed by atoms with van der Waals surface area (Å²) in [4.78, 5) is 15.4. The number of likely N-dealkylation sites (N-methyl/N-ethyl adjacent to an activating group) is 1. The first-order chi connectivity index (χ1) is 20.7. The highest BCUT2D eigenvalue weighted by atomic mass is 16.5. The van der Waals surface area contributed by atoms with Crippen molar-refractivity contribution in [2.75, 3.05) is 41.0 Å². The Morgan fingerprint density at radius 2 is 1.72 bits per heavy atom. The van der Waals surface area contributed by atoms with Gasteiger partial charge in [-0.25, -0.2) is 0 Å². The molecular weight excluding hydrogens is 540 g/mol. The highest BCUT2D eigenvalue weighted by Crippen LogP contribution is 2.40. The number of benzene rings is 3. The minimum atomic E-state index is -0.633. The van der Waals surface area contributed by atoms with Crippen molar-refractivity contribution < 1.29 is 18.6 Å². The van der Waals surface area contributed by atoms with Gasteiger partial charge in [-0.1, -0.05) is 62.4 Å². The molecule has 0 fully saturated rings. The fourth-order valence-electron chi connectivity index (χ4n) is 5.62. The van der Waals surface area contributed by atoms with Crippen LogP contribution in [0.1, 0.15) is 43.4 Å². The number of para-hydroxylation sites is 1. The van der Waals surface area contributed by atoms with Gasteiger partial charge in [-0.2, -0.15) is 5.26 Å². The third kappa shape index (κ3) is 6.93. The van der Waals surface area contributed by atoms with Crippen LogP contribution in [0.25, 0.3) is 22.3 Å². The third-order valence-electron chi connectivity index (χ3n) is 8.33. The first-order valence-electron chi connectivity index (χ1n) is 14.8. The Bertz CT molecular complexity index is 1620. The van der Waals surface area contributed by atoms with Crippen LogP contribution in [0, 0.1) is 24.2 Å². The van der Waals surface area contributed by atoms with Gasteiger partial charge in [0, 0.05) is 23.2 Å². The van der Waals surface area contributed by atoms with E-state index in [4.69, 9.17) is 18.6 Å². The molecule has 1 atom stereocenters. The van der Waals surface area contributed by atoms with Crippen LogP contribution in [0.3, 0.4) is 0 Å². The van der Waals surface area contributed by atoms with Crippen molar-refractivity contribution in [3.05, 3.63) is 93.6 Å². The van der Waals surface area contributed by atoms with E-state index in [9.17, 15) is 10.1 Å². The lowest BCUT2D eigenvalue weighted by atomic mass is 9.69. The van der Waals surface area contributed by atoms with Crippen LogP contribution in [0.4, 0.5) is 0 Å². The lowest BCUT2D eigenvalue weighted by Crippen LogP contribution is -2.33. The molecule has 4 rings (SSSR count). The van der Waals surface area contributed by atoms with E-state index in [0.29, 0.717) is 47.0 Å². The summed E-state index contributed by atoms with van der Waals surface area (Å²) in [6.07, 6.45) is 1.58. The second-order valence-corrected chi connectivity index (χ2v) is 11.3. The molecule has 7 heteroatoms. The number of ether oxygens (including phenoxy) is 3. The Balaban J connectivity index is 1.36. The molecule has 0 saturated heterocycles. The molecular formula is C36H42N2O5. The van der Waals surface area contributed by atoms with E-state index < -0.39 is 5.41 Å². The highest BCUT2D eigenvalue weighted by molar-refractivity contribution is 5.83. The number of fused-ring (bicyclic) bond motifs is 1. The number of nitrogens with zero attached hydrogens (tertiary/aromatic N) is 2. The lowest BCUT2D eigenvalue weighted by molar-refractivity contribution is 0.0988. The molecule has 0 aliphatic rings. The molecule has 7 nitrogen and oxygen atoms in total. The molecule has 0 radical (unpaired) electrons. The molecule has 0 amide bonds. The minimum Gasteiger partial charge on any atom is -0.493 e. The summed E-state index contributed by atoms with van der Waals surface area (Å²) >= 11 is 0. The molecule has 0 saturated carbocycles. The van der Waals surface area contributed by atoms with Crippen molar-refractivity contribution in [3.63, 3.8) is 0 Å². The van der Waals surface area contributed by atoms with Gasteiger partial charge in [0.1, 0.15) is 11.3 Å². The maximum Gasteiger partial charge on any atom is 0.196 e. The zero-order valence-corrected chi connectivity index (χ0v) is 26.1. The largest absolute Gasteiger partial charge is 0.493 e. The zero-order valence-electron chi connectivity index (χ0n) is 26.1. The summed E-state index contributed by atoms with van der Waals surface area (Å²) < 4.78 is 23.3. The SMILES string of the molecule is COc1ccc(C(C#N)(CCCN(C)CCOCc2cccc3c(=O)c(C)c(-c4ccccc4)oc23)C(C)C)cc1OC. The van der Waals surface area contributed by atoms with Gasteiger partial charge in [0.2, 0.25) is 0 Å². The van der Waals surface area contributed by atoms with Gasteiger partial charge < -0.3 is 23.5 Å². The van der Waals surface area contributed by atoms with Crippen molar-refractivity contribution in [1.82, 2.24) is 4.90 Å². The van der Waals surface area contributed by atoms with Gasteiger partial charge in [0.15, 0.2) is 16.9 Å². The Hall–Kier alpha value is -4.12. The van der Waals surface area contributed by atoms with E-state index in [1.807, 2.05) is 67.6 Å². The van der Waals surface area contributed by atoms with Crippen LogP contribution in [0.5, 0.6) is 11.5 Å². The van der Waals surface area contributed by atoms with Crippen LogP contribution in [0.15, 0.2) is 75.9 Å². The monoisotopic (exact) mass is 582 g/mol. The van der Waals surface area contributed by atoms with Gasteiger partial charge in [0.25, 0.3) is 0 Å². The van der Waals surface area contributed by atoms with Crippen LogP contribution in [-0.2, 0) is 16.8 Å². The van der Waals surface area contributed by atoms with Crippen molar-refractivity contribution in [1.29, 1.82) is 5.26 Å². The predicted octanol–water partition coefficient (Wildman–Crippen LogP) is 7.13. The summed E-state index contributed by atoms with van der Waals surface area (Å²) in [6.45, 7) is 8.43. The van der Waals surface area contributed by atoms with E-state index in [1.54, 1.807) is 20.3 Å². The van der Waals surface area contributed by atoms with E-state index in [1.165, 1.54) is 0 Å². The number of hydrogen-bond acceptors (Lipinski definition) is 7. The minimum absolute atomic E-state index is 0.0235. The normalized spacial score (nSPS) is 12.8. The van der Waals surface area contributed by atoms with Gasteiger partial charge in [-0.05, 0) is 63.0 Å². The van der Waals surface area contributed by atoms with Crippen molar-refractivity contribution in [3.8, 4) is 28.9 Å². The average molecular weight is 583 g/mol. The summed E-state index contributed by atoms with van der Waals surface area (Å²) in [5, 5.41) is 10.9. The van der Waals surface area contributed by atoms with Gasteiger partial charge in [-0.3, -0.25) is 4.79 Å². The maximum atomic E-state index is 13.1.